The predicted octanol–water partition coefficient (Wildman–Crippen LogP) is 3.37. The van der Waals surface area contributed by atoms with E-state index in [1.165, 1.54) is 4.90 Å². The van der Waals surface area contributed by atoms with Gasteiger partial charge in [0, 0.05) is 0 Å². The van der Waals surface area contributed by atoms with E-state index in [1.54, 1.807) is 44.2 Å². The number of hydrogen-bond acceptors (Lipinski definition) is 4. The lowest BCUT2D eigenvalue weighted by Crippen LogP contribution is -2.57. The SMILES string of the molecule is CC1(C)OCC(C(=O)O)(c2ccccc2)N1C(=O)OCc1ccccc1. The first-order valence-corrected chi connectivity index (χ1v) is 8.32. The van der Waals surface area contributed by atoms with Crippen LogP contribution in [0.25, 0.3) is 0 Å². The minimum atomic E-state index is -1.64. The van der Waals surface area contributed by atoms with Gasteiger partial charge in [-0.25, -0.2) is 9.59 Å². The Balaban J connectivity index is 1.94. The normalized spacial score (nSPS) is 21.4. The highest BCUT2D eigenvalue weighted by atomic mass is 16.6. The fourth-order valence-electron chi connectivity index (χ4n) is 3.24. The molecular formula is C20H21NO5. The lowest BCUT2D eigenvalue weighted by Gasteiger charge is -2.38. The summed E-state index contributed by atoms with van der Waals surface area (Å²) in [5.74, 6) is -1.16. The van der Waals surface area contributed by atoms with Crippen molar-refractivity contribution >= 4 is 12.1 Å². The quantitative estimate of drug-likeness (QED) is 0.910. The first-order valence-electron chi connectivity index (χ1n) is 8.32. The Morgan fingerprint density at radius 3 is 2.23 bits per heavy atom. The minimum Gasteiger partial charge on any atom is -0.479 e. The summed E-state index contributed by atoms with van der Waals surface area (Å²) in [5, 5.41) is 10.0. The zero-order valence-corrected chi connectivity index (χ0v) is 14.7. The summed E-state index contributed by atoms with van der Waals surface area (Å²) in [7, 11) is 0. The van der Waals surface area contributed by atoms with E-state index < -0.39 is 23.3 Å². The minimum absolute atomic E-state index is 0.0523. The molecule has 1 amide bonds. The van der Waals surface area contributed by atoms with Crippen molar-refractivity contribution in [2.24, 2.45) is 0 Å². The Labute approximate surface area is 152 Å². The van der Waals surface area contributed by atoms with Crippen LogP contribution >= 0.6 is 0 Å². The Hall–Kier alpha value is -2.86. The Morgan fingerprint density at radius 1 is 1.08 bits per heavy atom. The second kappa shape index (κ2) is 6.80. The van der Waals surface area contributed by atoms with Crippen molar-refractivity contribution in [3.05, 3.63) is 71.8 Å². The largest absolute Gasteiger partial charge is 0.479 e. The third-order valence-corrected chi connectivity index (χ3v) is 4.55. The van der Waals surface area contributed by atoms with Gasteiger partial charge in [-0.2, -0.15) is 0 Å². The van der Waals surface area contributed by atoms with Gasteiger partial charge in [0.1, 0.15) is 12.3 Å². The molecule has 6 heteroatoms. The van der Waals surface area contributed by atoms with Crippen molar-refractivity contribution in [3.8, 4) is 0 Å². The number of hydrogen-bond donors (Lipinski definition) is 1. The summed E-state index contributed by atoms with van der Waals surface area (Å²) in [6.07, 6.45) is -0.734. The van der Waals surface area contributed by atoms with Crippen LogP contribution in [0.5, 0.6) is 0 Å². The van der Waals surface area contributed by atoms with E-state index in [0.29, 0.717) is 5.56 Å². The number of carbonyl (C=O) groups excluding carboxylic acids is 1. The lowest BCUT2D eigenvalue weighted by atomic mass is 9.89. The standard InChI is InChI=1S/C20H21NO5/c1-19(2)21(18(24)25-13-15-9-5-3-6-10-15)20(14-26-19,17(22)23)16-11-7-4-8-12-16/h3-12H,13-14H2,1-2H3,(H,22,23). The summed E-state index contributed by atoms with van der Waals surface area (Å²) in [5.41, 5.74) is -1.48. The fraction of sp³-hybridized carbons (Fsp3) is 0.300. The average Bonchev–Trinajstić information content (AvgIpc) is 2.94. The maximum atomic E-state index is 12.9. The van der Waals surface area contributed by atoms with Crippen LogP contribution in [0.3, 0.4) is 0 Å². The van der Waals surface area contributed by atoms with Gasteiger partial charge >= 0.3 is 12.1 Å². The Bertz CT molecular complexity index is 790. The molecule has 2 aromatic carbocycles. The van der Waals surface area contributed by atoms with E-state index in [4.69, 9.17) is 9.47 Å². The highest BCUT2D eigenvalue weighted by molar-refractivity contribution is 5.87. The van der Waals surface area contributed by atoms with E-state index >= 15 is 0 Å². The van der Waals surface area contributed by atoms with Gasteiger partial charge in [-0.05, 0) is 25.0 Å². The third kappa shape index (κ3) is 3.04. The molecule has 2 aromatic rings. The molecule has 0 bridgehead atoms. The van der Waals surface area contributed by atoms with Crippen LogP contribution in [0.15, 0.2) is 60.7 Å². The van der Waals surface area contributed by atoms with Gasteiger partial charge in [-0.3, -0.25) is 4.90 Å². The zero-order valence-electron chi connectivity index (χ0n) is 14.7. The van der Waals surface area contributed by atoms with Crippen molar-refractivity contribution in [2.75, 3.05) is 6.61 Å². The van der Waals surface area contributed by atoms with Crippen molar-refractivity contribution in [2.45, 2.75) is 31.7 Å². The molecule has 1 atom stereocenters. The van der Waals surface area contributed by atoms with E-state index in [0.717, 1.165) is 5.56 Å². The van der Waals surface area contributed by atoms with Gasteiger partial charge in [0.05, 0.1) is 6.61 Å². The number of rotatable bonds is 4. The molecule has 0 aliphatic carbocycles. The summed E-state index contributed by atoms with van der Waals surface area (Å²) in [6.45, 7) is 3.21. The Morgan fingerprint density at radius 2 is 1.65 bits per heavy atom. The molecule has 1 fully saturated rings. The zero-order chi connectivity index (χ0) is 18.8. The maximum absolute atomic E-state index is 12.9. The van der Waals surface area contributed by atoms with Crippen LogP contribution in [0.2, 0.25) is 0 Å². The molecule has 6 nitrogen and oxygen atoms in total. The molecule has 0 saturated carbocycles. The molecule has 1 heterocycles. The molecular weight excluding hydrogens is 334 g/mol. The molecule has 1 N–H and O–H groups in total. The summed E-state index contributed by atoms with van der Waals surface area (Å²) < 4.78 is 11.1. The van der Waals surface area contributed by atoms with E-state index in [2.05, 4.69) is 0 Å². The van der Waals surface area contributed by atoms with Crippen molar-refractivity contribution in [3.63, 3.8) is 0 Å². The second-order valence-electron chi connectivity index (χ2n) is 6.64. The number of benzene rings is 2. The number of nitrogens with zero attached hydrogens (tertiary/aromatic N) is 1. The highest BCUT2D eigenvalue weighted by Crippen LogP contribution is 2.43. The molecule has 136 valence electrons. The van der Waals surface area contributed by atoms with E-state index in [9.17, 15) is 14.7 Å². The molecule has 1 aliphatic heterocycles. The molecule has 0 spiro atoms. The fourth-order valence-corrected chi connectivity index (χ4v) is 3.24. The molecule has 26 heavy (non-hydrogen) atoms. The van der Waals surface area contributed by atoms with Gasteiger partial charge in [-0.1, -0.05) is 60.7 Å². The van der Waals surface area contributed by atoms with Crippen LogP contribution in [-0.4, -0.2) is 34.4 Å². The van der Waals surface area contributed by atoms with Crippen LogP contribution < -0.4 is 0 Å². The summed E-state index contributed by atoms with van der Waals surface area (Å²) in [4.78, 5) is 26.3. The van der Waals surface area contributed by atoms with Gasteiger partial charge in [0.15, 0.2) is 5.54 Å². The van der Waals surface area contributed by atoms with Crippen molar-refractivity contribution in [1.29, 1.82) is 0 Å². The van der Waals surface area contributed by atoms with Crippen molar-refractivity contribution < 1.29 is 24.2 Å². The first kappa shape index (κ1) is 17.9. The number of carboxylic acid groups (broad SMARTS) is 1. The molecule has 1 saturated heterocycles. The van der Waals surface area contributed by atoms with Crippen LogP contribution in [-0.2, 0) is 26.4 Å². The van der Waals surface area contributed by atoms with Gasteiger partial charge in [-0.15, -0.1) is 0 Å². The topological polar surface area (TPSA) is 76.1 Å². The Kier molecular flexibility index (Phi) is 4.70. The molecule has 0 radical (unpaired) electrons. The number of ether oxygens (including phenoxy) is 2. The smallest absolute Gasteiger partial charge is 0.413 e. The van der Waals surface area contributed by atoms with E-state index in [-0.39, 0.29) is 13.2 Å². The number of aliphatic carboxylic acids is 1. The lowest BCUT2D eigenvalue weighted by molar-refractivity contribution is -0.151. The molecule has 3 rings (SSSR count). The van der Waals surface area contributed by atoms with Crippen LogP contribution in [0, 0.1) is 0 Å². The van der Waals surface area contributed by atoms with Gasteiger partial charge < -0.3 is 14.6 Å². The van der Waals surface area contributed by atoms with Gasteiger partial charge in [0.2, 0.25) is 0 Å². The molecule has 1 aliphatic rings. The number of amides is 1. The predicted molar refractivity (Wildman–Crippen MR) is 94.3 cm³/mol. The second-order valence-corrected chi connectivity index (χ2v) is 6.64. The van der Waals surface area contributed by atoms with Gasteiger partial charge in [0.25, 0.3) is 0 Å². The average molecular weight is 355 g/mol. The summed E-state index contributed by atoms with van der Waals surface area (Å²) in [6, 6.07) is 17.8. The van der Waals surface area contributed by atoms with Crippen LogP contribution in [0.1, 0.15) is 25.0 Å². The number of carbonyl (C=O) groups is 2. The monoisotopic (exact) mass is 355 g/mol. The number of carboxylic acids is 1. The first-order chi connectivity index (χ1) is 12.4. The maximum Gasteiger partial charge on any atom is 0.413 e. The van der Waals surface area contributed by atoms with Crippen LogP contribution in [0.4, 0.5) is 4.79 Å². The van der Waals surface area contributed by atoms with E-state index in [1.807, 2.05) is 30.3 Å². The summed E-state index contributed by atoms with van der Waals surface area (Å²) >= 11 is 0. The van der Waals surface area contributed by atoms with Crippen molar-refractivity contribution in [1.82, 2.24) is 4.90 Å². The highest BCUT2D eigenvalue weighted by Gasteiger charge is 2.60. The molecule has 1 unspecified atom stereocenters. The third-order valence-electron chi connectivity index (χ3n) is 4.55. The molecule has 0 aromatic heterocycles.